The highest BCUT2D eigenvalue weighted by Gasteiger charge is 2.41. The van der Waals surface area contributed by atoms with Crippen LogP contribution in [0.15, 0.2) is 45.7 Å². The Kier molecular flexibility index (Phi) is 6.54. The second-order valence-electron chi connectivity index (χ2n) is 9.51. The molecule has 1 spiro atoms. The molecule has 0 unspecified atom stereocenters. The van der Waals surface area contributed by atoms with Gasteiger partial charge in [0.15, 0.2) is 5.13 Å². The van der Waals surface area contributed by atoms with Crippen molar-refractivity contribution in [3.8, 4) is 0 Å². The maximum Gasteiger partial charge on any atom is 0.416 e. The summed E-state index contributed by atoms with van der Waals surface area (Å²) < 4.78 is 40.6. The molecule has 0 atom stereocenters. The number of halogens is 4. The van der Waals surface area contributed by atoms with Crippen LogP contribution in [-0.4, -0.2) is 41.0 Å². The van der Waals surface area contributed by atoms with Crippen LogP contribution in [0, 0.1) is 15.5 Å². The summed E-state index contributed by atoms with van der Waals surface area (Å²) in [5, 5.41) is 11.5. The van der Waals surface area contributed by atoms with E-state index >= 15 is 0 Å². The Morgan fingerprint density at radius 3 is 2.53 bits per heavy atom. The summed E-state index contributed by atoms with van der Waals surface area (Å²) in [7, 11) is 0. The summed E-state index contributed by atoms with van der Waals surface area (Å²) in [5.74, 6) is 0. The Morgan fingerprint density at radius 2 is 1.86 bits per heavy atom. The molecule has 2 aliphatic heterocycles. The molecule has 7 nitrogen and oxygen atoms in total. The summed E-state index contributed by atoms with van der Waals surface area (Å²) in [6.45, 7) is 4.12. The van der Waals surface area contributed by atoms with Gasteiger partial charge in [-0.1, -0.05) is 39.4 Å². The highest BCUT2D eigenvalue weighted by Crippen LogP contribution is 2.43. The van der Waals surface area contributed by atoms with Crippen LogP contribution in [0.1, 0.15) is 30.4 Å². The zero-order valence-corrected chi connectivity index (χ0v) is 21.5. The van der Waals surface area contributed by atoms with E-state index in [-0.39, 0.29) is 15.5 Å². The fourth-order valence-corrected chi connectivity index (χ4v) is 6.78. The number of nitro benzene ring substituents is 1. The first-order valence-electron chi connectivity index (χ1n) is 11.5. The standard InChI is InChI=1S/C24H22BrF3N4O3S/c25-17-3-1-2-15(10-17)13-30-7-4-23(14-30)5-8-31(9-6-23)22-29-21(33)18-11-16(24(26,27)28)12-19(32(34)35)20(18)36-22/h1-3,10-12H,4-9,13-14H2. The number of hydrogen-bond donors (Lipinski definition) is 0. The van der Waals surface area contributed by atoms with E-state index in [9.17, 15) is 28.1 Å². The number of aromatic nitrogens is 1. The van der Waals surface area contributed by atoms with E-state index in [1.54, 1.807) is 0 Å². The molecule has 0 bridgehead atoms. The van der Waals surface area contributed by atoms with Gasteiger partial charge in [0, 0.05) is 36.7 Å². The zero-order chi connectivity index (χ0) is 25.7. The van der Waals surface area contributed by atoms with Gasteiger partial charge in [-0.25, -0.2) is 0 Å². The lowest BCUT2D eigenvalue weighted by Gasteiger charge is -2.39. The summed E-state index contributed by atoms with van der Waals surface area (Å²) in [6, 6.07) is 9.41. The average molecular weight is 583 g/mol. The number of benzene rings is 2. The molecule has 12 heteroatoms. The Balaban J connectivity index is 1.34. The van der Waals surface area contributed by atoms with Crippen molar-refractivity contribution in [3.63, 3.8) is 0 Å². The topological polar surface area (TPSA) is 79.6 Å². The Bertz CT molecular complexity index is 1390. The predicted octanol–water partition coefficient (Wildman–Crippen LogP) is 5.84. The van der Waals surface area contributed by atoms with Gasteiger partial charge in [-0.15, -0.1) is 0 Å². The molecular weight excluding hydrogens is 561 g/mol. The summed E-state index contributed by atoms with van der Waals surface area (Å²) in [4.78, 5) is 31.7. The number of nitrogens with zero attached hydrogens (tertiary/aromatic N) is 4. The third kappa shape index (κ3) is 4.98. The van der Waals surface area contributed by atoms with E-state index in [1.165, 1.54) is 5.56 Å². The minimum atomic E-state index is -4.80. The Labute approximate surface area is 216 Å². The number of likely N-dealkylation sites (tertiary alicyclic amines) is 1. The minimum absolute atomic E-state index is 0.0793. The lowest BCUT2D eigenvalue weighted by Crippen LogP contribution is -2.42. The lowest BCUT2D eigenvalue weighted by atomic mass is 9.78. The van der Waals surface area contributed by atoms with Crippen LogP contribution in [0.4, 0.5) is 24.0 Å². The van der Waals surface area contributed by atoms with Crippen molar-refractivity contribution in [2.75, 3.05) is 31.1 Å². The third-order valence-electron chi connectivity index (χ3n) is 7.12. The third-order valence-corrected chi connectivity index (χ3v) is 8.78. The molecule has 2 aromatic carbocycles. The summed E-state index contributed by atoms with van der Waals surface area (Å²) >= 11 is 4.42. The van der Waals surface area contributed by atoms with Crippen molar-refractivity contribution in [2.45, 2.75) is 32.0 Å². The minimum Gasteiger partial charge on any atom is -0.348 e. The second-order valence-corrected chi connectivity index (χ2v) is 11.4. The van der Waals surface area contributed by atoms with Gasteiger partial charge < -0.3 is 4.90 Å². The normalized spacial score (nSPS) is 18.3. The molecule has 3 heterocycles. The molecule has 3 aromatic rings. The SMILES string of the molecule is O=c1nc(N2CCC3(CCN(Cc4cccc(Br)c4)C3)CC2)sc2c([N+](=O)[O-])cc(C(F)(F)F)cc12. The van der Waals surface area contributed by atoms with Crippen molar-refractivity contribution in [2.24, 2.45) is 5.41 Å². The molecule has 0 radical (unpaired) electrons. The van der Waals surface area contributed by atoms with Crippen LogP contribution in [-0.2, 0) is 12.7 Å². The molecule has 2 aliphatic rings. The number of nitro groups is 1. The molecule has 0 amide bonds. The zero-order valence-electron chi connectivity index (χ0n) is 19.1. The van der Waals surface area contributed by atoms with Crippen molar-refractivity contribution in [3.05, 3.63) is 72.5 Å². The van der Waals surface area contributed by atoms with Crippen LogP contribution >= 0.6 is 27.3 Å². The largest absolute Gasteiger partial charge is 0.416 e. The number of non-ortho nitro benzene ring substituents is 1. The molecule has 1 aromatic heterocycles. The van der Waals surface area contributed by atoms with Gasteiger partial charge in [0.2, 0.25) is 0 Å². The monoisotopic (exact) mass is 582 g/mol. The quantitative estimate of drug-likeness (QED) is 0.284. The molecular formula is C24H22BrF3N4O3S. The Morgan fingerprint density at radius 1 is 1.14 bits per heavy atom. The molecule has 0 saturated carbocycles. The first-order chi connectivity index (χ1) is 17.0. The van der Waals surface area contributed by atoms with Gasteiger partial charge in [-0.2, -0.15) is 18.2 Å². The number of hydrogen-bond acceptors (Lipinski definition) is 7. The molecule has 5 rings (SSSR count). The van der Waals surface area contributed by atoms with Gasteiger partial charge in [0.1, 0.15) is 4.70 Å². The van der Waals surface area contributed by atoms with E-state index in [4.69, 9.17) is 0 Å². The number of anilines is 1. The van der Waals surface area contributed by atoms with Crippen LogP contribution < -0.4 is 10.5 Å². The lowest BCUT2D eigenvalue weighted by molar-refractivity contribution is -0.383. The first-order valence-corrected chi connectivity index (χ1v) is 13.1. The van der Waals surface area contributed by atoms with Gasteiger partial charge in [-0.3, -0.25) is 19.8 Å². The summed E-state index contributed by atoms with van der Waals surface area (Å²) in [5.41, 5.74) is -1.42. The fraction of sp³-hybridized carbons (Fsp3) is 0.417. The van der Waals surface area contributed by atoms with Gasteiger partial charge in [0.25, 0.3) is 11.2 Å². The van der Waals surface area contributed by atoms with Crippen LogP contribution in [0.2, 0.25) is 0 Å². The number of alkyl halides is 3. The van der Waals surface area contributed by atoms with E-state index in [1.807, 2.05) is 17.0 Å². The van der Waals surface area contributed by atoms with Crippen molar-refractivity contribution >= 4 is 48.2 Å². The number of piperidine rings is 1. The van der Waals surface area contributed by atoms with Crippen LogP contribution in [0.25, 0.3) is 10.1 Å². The van der Waals surface area contributed by atoms with E-state index < -0.39 is 27.9 Å². The maximum absolute atomic E-state index is 13.2. The molecule has 0 aliphatic carbocycles. The van der Waals surface area contributed by atoms with Gasteiger partial charge in [0.05, 0.1) is 15.9 Å². The molecule has 36 heavy (non-hydrogen) atoms. The summed E-state index contributed by atoms with van der Waals surface area (Å²) in [6.07, 6.45) is -1.96. The van der Waals surface area contributed by atoms with Crippen molar-refractivity contribution in [1.82, 2.24) is 9.88 Å². The number of fused-ring (bicyclic) bond motifs is 1. The molecule has 2 fully saturated rings. The highest BCUT2D eigenvalue weighted by atomic mass is 79.9. The average Bonchev–Trinajstić information content (AvgIpc) is 3.19. The van der Waals surface area contributed by atoms with E-state index in [0.717, 1.165) is 54.7 Å². The van der Waals surface area contributed by atoms with Crippen molar-refractivity contribution in [1.29, 1.82) is 0 Å². The number of rotatable bonds is 4. The fourth-order valence-electron chi connectivity index (χ4n) is 5.21. The second kappa shape index (κ2) is 9.38. The highest BCUT2D eigenvalue weighted by molar-refractivity contribution is 9.10. The molecule has 2 saturated heterocycles. The molecule has 190 valence electrons. The van der Waals surface area contributed by atoms with Crippen LogP contribution in [0.3, 0.4) is 0 Å². The maximum atomic E-state index is 13.2. The van der Waals surface area contributed by atoms with Crippen molar-refractivity contribution < 1.29 is 18.1 Å². The van der Waals surface area contributed by atoms with Crippen LogP contribution in [0.5, 0.6) is 0 Å². The van der Waals surface area contributed by atoms with Gasteiger partial charge in [-0.05, 0) is 55.0 Å². The van der Waals surface area contributed by atoms with Gasteiger partial charge >= 0.3 is 6.18 Å². The van der Waals surface area contributed by atoms with E-state index in [2.05, 4.69) is 37.9 Å². The predicted molar refractivity (Wildman–Crippen MR) is 135 cm³/mol. The first kappa shape index (κ1) is 25.1. The smallest absolute Gasteiger partial charge is 0.348 e. The Hall–Kier alpha value is -2.57. The molecule has 0 N–H and O–H groups in total. The van der Waals surface area contributed by atoms with E-state index in [0.29, 0.717) is 30.4 Å².